The smallest absolute Gasteiger partial charge is 0.149 e. The number of hydrogen-bond donors (Lipinski definition) is 1. The summed E-state index contributed by atoms with van der Waals surface area (Å²) in [7, 11) is 0. The Labute approximate surface area is 89.9 Å². The summed E-state index contributed by atoms with van der Waals surface area (Å²) in [6, 6.07) is 0. The fourth-order valence-electron chi connectivity index (χ4n) is 1.44. The van der Waals surface area contributed by atoms with E-state index in [2.05, 4.69) is 36.1 Å². The summed E-state index contributed by atoms with van der Waals surface area (Å²) >= 11 is 5.74. The van der Waals surface area contributed by atoms with Crippen molar-refractivity contribution >= 4 is 17.4 Å². The lowest BCUT2D eigenvalue weighted by Gasteiger charge is -2.26. The molecule has 1 rings (SSSR count). The van der Waals surface area contributed by atoms with Crippen LogP contribution in [0.3, 0.4) is 0 Å². The lowest BCUT2D eigenvalue weighted by atomic mass is 9.99. The molecule has 0 saturated heterocycles. The molecule has 0 spiro atoms. The molecule has 1 heterocycles. The van der Waals surface area contributed by atoms with Gasteiger partial charge in [-0.05, 0) is 20.3 Å². The number of hydrogen-bond acceptors (Lipinski definition) is 3. The molecule has 4 heteroatoms. The Balaban J connectivity index is 2.68. The van der Waals surface area contributed by atoms with Gasteiger partial charge in [0.1, 0.15) is 11.0 Å². The normalized spacial score (nSPS) is 11.4. The van der Waals surface area contributed by atoms with E-state index in [1.807, 2.05) is 0 Å². The predicted octanol–water partition coefficient (Wildman–Crippen LogP) is 3.12. The van der Waals surface area contributed by atoms with Crippen LogP contribution in [0.2, 0.25) is 5.15 Å². The Bertz CT molecular complexity index is 299. The molecule has 0 atom stereocenters. The maximum atomic E-state index is 5.74. The van der Waals surface area contributed by atoms with Gasteiger partial charge in [-0.3, -0.25) is 4.98 Å². The second kappa shape index (κ2) is 4.60. The van der Waals surface area contributed by atoms with Crippen LogP contribution < -0.4 is 5.32 Å². The van der Waals surface area contributed by atoms with E-state index in [0.717, 1.165) is 18.7 Å². The first-order chi connectivity index (χ1) is 6.53. The molecule has 1 N–H and O–H groups in total. The highest BCUT2D eigenvalue weighted by molar-refractivity contribution is 6.29. The minimum atomic E-state index is 0.0358. The van der Waals surface area contributed by atoms with Crippen LogP contribution in [0.15, 0.2) is 12.4 Å². The average Bonchev–Trinajstić information content (AvgIpc) is 2.02. The molecule has 3 nitrogen and oxygen atoms in total. The van der Waals surface area contributed by atoms with E-state index in [4.69, 9.17) is 11.6 Å². The van der Waals surface area contributed by atoms with Gasteiger partial charge in [-0.25, -0.2) is 4.98 Å². The number of nitrogens with zero attached hydrogens (tertiary/aromatic N) is 2. The second-order valence-electron chi connectivity index (χ2n) is 3.99. The molecule has 0 aromatic carbocycles. The van der Waals surface area contributed by atoms with E-state index in [-0.39, 0.29) is 5.54 Å². The Morgan fingerprint density at radius 2 is 2.14 bits per heavy atom. The van der Waals surface area contributed by atoms with E-state index in [1.54, 1.807) is 6.20 Å². The first-order valence-corrected chi connectivity index (χ1v) is 5.17. The summed E-state index contributed by atoms with van der Waals surface area (Å²) in [5.74, 6) is 0.732. The van der Waals surface area contributed by atoms with Gasteiger partial charge >= 0.3 is 0 Å². The fraction of sp³-hybridized carbons (Fsp3) is 0.600. The predicted molar refractivity (Wildman–Crippen MR) is 59.7 cm³/mol. The largest absolute Gasteiger partial charge is 0.364 e. The third-order valence-corrected chi connectivity index (χ3v) is 2.13. The molecule has 0 fully saturated rings. The van der Waals surface area contributed by atoms with Crippen molar-refractivity contribution in [3.63, 3.8) is 0 Å². The second-order valence-corrected chi connectivity index (χ2v) is 4.37. The van der Waals surface area contributed by atoms with Crippen LogP contribution in [0.4, 0.5) is 5.82 Å². The summed E-state index contributed by atoms with van der Waals surface area (Å²) in [5, 5.41) is 3.72. The van der Waals surface area contributed by atoms with Crippen molar-refractivity contribution in [2.45, 2.75) is 39.2 Å². The van der Waals surface area contributed by atoms with Gasteiger partial charge in [0.25, 0.3) is 0 Å². The molecular weight excluding hydrogens is 198 g/mol. The number of halogens is 1. The van der Waals surface area contributed by atoms with E-state index >= 15 is 0 Å². The Morgan fingerprint density at radius 1 is 1.43 bits per heavy atom. The molecule has 0 aliphatic carbocycles. The monoisotopic (exact) mass is 213 g/mol. The number of anilines is 1. The molecule has 0 saturated carbocycles. The van der Waals surface area contributed by atoms with E-state index in [0.29, 0.717) is 5.15 Å². The van der Waals surface area contributed by atoms with Gasteiger partial charge in [0.15, 0.2) is 0 Å². The van der Waals surface area contributed by atoms with Gasteiger partial charge < -0.3 is 5.32 Å². The van der Waals surface area contributed by atoms with Crippen molar-refractivity contribution in [3.05, 3.63) is 17.5 Å². The van der Waals surface area contributed by atoms with E-state index < -0.39 is 0 Å². The van der Waals surface area contributed by atoms with Crippen LogP contribution in [0, 0.1) is 0 Å². The molecule has 0 amide bonds. The molecule has 0 aliphatic rings. The van der Waals surface area contributed by atoms with Crippen LogP contribution in [0.25, 0.3) is 0 Å². The first kappa shape index (κ1) is 11.2. The number of rotatable bonds is 4. The molecule has 0 radical (unpaired) electrons. The Morgan fingerprint density at radius 3 is 2.71 bits per heavy atom. The molecular formula is C10H16ClN3. The van der Waals surface area contributed by atoms with E-state index in [1.165, 1.54) is 6.20 Å². The highest BCUT2D eigenvalue weighted by Crippen LogP contribution is 2.18. The van der Waals surface area contributed by atoms with Gasteiger partial charge in [0, 0.05) is 5.54 Å². The van der Waals surface area contributed by atoms with Gasteiger partial charge in [0.2, 0.25) is 0 Å². The summed E-state index contributed by atoms with van der Waals surface area (Å²) in [6.45, 7) is 6.44. The molecule has 1 aromatic heterocycles. The quantitative estimate of drug-likeness (QED) is 0.835. The maximum Gasteiger partial charge on any atom is 0.149 e. The minimum absolute atomic E-state index is 0.0358. The van der Waals surface area contributed by atoms with Gasteiger partial charge in [-0.2, -0.15) is 0 Å². The van der Waals surface area contributed by atoms with Crippen molar-refractivity contribution in [1.29, 1.82) is 0 Å². The van der Waals surface area contributed by atoms with Crippen molar-refractivity contribution in [2.24, 2.45) is 0 Å². The Hall–Kier alpha value is -0.830. The van der Waals surface area contributed by atoms with Crippen molar-refractivity contribution in [2.75, 3.05) is 5.32 Å². The number of nitrogens with one attached hydrogen (secondary N) is 1. The molecule has 0 bridgehead atoms. The summed E-state index contributed by atoms with van der Waals surface area (Å²) < 4.78 is 0. The standard InChI is InChI=1S/C10H16ClN3/c1-4-5-10(2,3)14-9-7-12-6-8(11)13-9/h6-7H,4-5H2,1-3H3,(H,13,14). The maximum absolute atomic E-state index is 5.74. The molecule has 14 heavy (non-hydrogen) atoms. The average molecular weight is 214 g/mol. The lowest BCUT2D eigenvalue weighted by molar-refractivity contribution is 0.509. The lowest BCUT2D eigenvalue weighted by Crippen LogP contribution is -2.30. The highest BCUT2D eigenvalue weighted by Gasteiger charge is 2.16. The molecule has 0 unspecified atom stereocenters. The molecule has 78 valence electrons. The highest BCUT2D eigenvalue weighted by atomic mass is 35.5. The Kier molecular flexibility index (Phi) is 3.69. The zero-order valence-electron chi connectivity index (χ0n) is 8.84. The van der Waals surface area contributed by atoms with Crippen LogP contribution in [0.1, 0.15) is 33.6 Å². The SMILES string of the molecule is CCCC(C)(C)Nc1cncc(Cl)n1. The zero-order valence-corrected chi connectivity index (χ0v) is 9.60. The van der Waals surface area contributed by atoms with Crippen LogP contribution >= 0.6 is 11.6 Å². The van der Waals surface area contributed by atoms with Crippen molar-refractivity contribution in [1.82, 2.24) is 9.97 Å². The van der Waals surface area contributed by atoms with Gasteiger partial charge in [-0.15, -0.1) is 0 Å². The summed E-state index contributed by atoms with van der Waals surface area (Å²) in [5.41, 5.74) is 0.0358. The van der Waals surface area contributed by atoms with Gasteiger partial charge in [0.05, 0.1) is 12.4 Å². The van der Waals surface area contributed by atoms with Crippen molar-refractivity contribution in [3.8, 4) is 0 Å². The van der Waals surface area contributed by atoms with E-state index in [9.17, 15) is 0 Å². The molecule has 1 aromatic rings. The summed E-state index contributed by atoms with van der Waals surface area (Å²) in [6.07, 6.45) is 5.43. The zero-order chi connectivity index (χ0) is 10.6. The molecule has 0 aliphatic heterocycles. The first-order valence-electron chi connectivity index (χ1n) is 4.79. The topological polar surface area (TPSA) is 37.8 Å². The van der Waals surface area contributed by atoms with Gasteiger partial charge in [-0.1, -0.05) is 24.9 Å². The van der Waals surface area contributed by atoms with Crippen LogP contribution in [-0.4, -0.2) is 15.5 Å². The fourth-order valence-corrected chi connectivity index (χ4v) is 1.58. The third kappa shape index (κ3) is 3.50. The minimum Gasteiger partial charge on any atom is -0.364 e. The number of aromatic nitrogens is 2. The third-order valence-electron chi connectivity index (χ3n) is 1.95. The van der Waals surface area contributed by atoms with Crippen molar-refractivity contribution < 1.29 is 0 Å². The van der Waals surface area contributed by atoms with Crippen LogP contribution in [-0.2, 0) is 0 Å². The summed E-state index contributed by atoms with van der Waals surface area (Å²) in [4.78, 5) is 8.10. The van der Waals surface area contributed by atoms with Crippen LogP contribution in [0.5, 0.6) is 0 Å².